The molecule has 0 aliphatic heterocycles. The summed E-state index contributed by atoms with van der Waals surface area (Å²) in [4.78, 5) is 4.51. The molecule has 0 aromatic heterocycles. The van der Waals surface area contributed by atoms with E-state index in [1.807, 2.05) is 6.92 Å². The number of rotatable bonds is 4. The van der Waals surface area contributed by atoms with Gasteiger partial charge in [-0.3, -0.25) is 4.84 Å². The summed E-state index contributed by atoms with van der Waals surface area (Å²) in [6.45, 7) is 3.99. The fraction of sp³-hybridized carbons (Fsp3) is 0.800. The predicted molar refractivity (Wildman–Crippen MR) is 35.6 cm³/mol. The van der Waals surface area contributed by atoms with E-state index in [0.29, 0.717) is 6.61 Å². The van der Waals surface area contributed by atoms with Crippen molar-refractivity contribution in [1.29, 1.82) is 0 Å². The lowest BCUT2D eigenvalue weighted by Crippen LogP contribution is -2.09. The van der Waals surface area contributed by atoms with E-state index >= 15 is 0 Å². The van der Waals surface area contributed by atoms with Crippen LogP contribution in [-0.4, -0.2) is 18.2 Å². The summed E-state index contributed by atoms with van der Waals surface area (Å²) in [6.07, 6.45) is 2.20. The van der Waals surface area contributed by atoms with E-state index in [0.717, 1.165) is 6.42 Å². The third-order valence-electron chi connectivity index (χ3n) is 0.616. The van der Waals surface area contributed by atoms with Crippen molar-refractivity contribution in [2.24, 2.45) is 5.10 Å². The van der Waals surface area contributed by atoms with Crippen LogP contribution in [0.4, 0.5) is 0 Å². The minimum absolute atomic E-state index is 0.212. The Hall–Kier alpha value is -0.610. The summed E-state index contributed by atoms with van der Waals surface area (Å²) in [5.74, 6) is 0. The van der Waals surface area contributed by atoms with Gasteiger partial charge < -0.3 is 5.21 Å². The van der Waals surface area contributed by atoms with Crippen LogP contribution >= 0.6 is 0 Å². The Morgan fingerprint density at radius 2 is 2.44 bits per heavy atom. The normalized spacial score (nSPS) is 10.6. The lowest BCUT2D eigenvalue weighted by atomic mass is 10.5. The summed E-state index contributed by atoms with van der Waals surface area (Å²) in [6, 6.07) is 0. The Balaban J connectivity index is 3.15. The van der Waals surface area contributed by atoms with Crippen molar-refractivity contribution >= 4 is 6.21 Å². The van der Waals surface area contributed by atoms with Gasteiger partial charge in [-0.1, -0.05) is 6.92 Å². The molecule has 4 heteroatoms. The van der Waals surface area contributed by atoms with Gasteiger partial charge in [-0.15, -0.1) is 0 Å². The van der Waals surface area contributed by atoms with Gasteiger partial charge in [0.25, 0.3) is 0 Å². The van der Waals surface area contributed by atoms with E-state index < -0.39 is 0 Å². The molecule has 0 saturated carbocycles. The van der Waals surface area contributed by atoms with E-state index in [1.54, 1.807) is 6.92 Å². The molecular weight excluding hydrogens is 120 g/mol. The molecule has 0 amide bonds. The van der Waals surface area contributed by atoms with Crippen molar-refractivity contribution in [2.75, 3.05) is 6.61 Å². The van der Waals surface area contributed by atoms with Crippen LogP contribution in [0, 0.1) is 5.21 Å². The zero-order valence-corrected chi connectivity index (χ0v) is 5.70. The lowest BCUT2D eigenvalue weighted by molar-refractivity contribution is -0.119. The lowest BCUT2D eigenvalue weighted by Gasteiger charge is -2.21. The molecule has 0 aromatic carbocycles. The highest BCUT2D eigenvalue weighted by Crippen LogP contribution is 1.87. The Kier molecular flexibility index (Phi) is 5.15. The second-order valence-corrected chi connectivity index (χ2v) is 1.44. The Bertz CT molecular complexity index is 85.0. The summed E-state index contributed by atoms with van der Waals surface area (Å²) in [5, 5.41) is 13.8. The largest absolute Gasteiger partial charge is 0.716 e. The highest BCUT2D eigenvalue weighted by atomic mass is 16.9. The Morgan fingerprint density at radius 3 is 2.89 bits per heavy atom. The van der Waals surface area contributed by atoms with E-state index in [4.69, 9.17) is 0 Å². The number of hydrogen-bond donors (Lipinski definition) is 0. The number of hydrogen-bond acceptors (Lipinski definition) is 4. The predicted octanol–water partition coefficient (Wildman–Crippen LogP) is 1.13. The van der Waals surface area contributed by atoms with Crippen molar-refractivity contribution in [3.8, 4) is 0 Å². The second kappa shape index (κ2) is 5.53. The van der Waals surface area contributed by atoms with Crippen LogP contribution in [0.3, 0.4) is 0 Å². The van der Waals surface area contributed by atoms with Gasteiger partial charge in [0.1, 0.15) is 0 Å². The molecule has 0 spiro atoms. The van der Waals surface area contributed by atoms with Gasteiger partial charge in [0.05, 0.1) is 6.61 Å². The standard InChI is InChI=1S/C5H11N2O2/c1-3-5-9-7(8)6-4-2/h4H,3,5H2,1-2H3/q-1/b6-4+. The van der Waals surface area contributed by atoms with Gasteiger partial charge in [-0.25, -0.2) is 5.34 Å². The highest BCUT2D eigenvalue weighted by molar-refractivity contribution is 5.52. The first kappa shape index (κ1) is 8.39. The molecule has 0 radical (unpaired) electrons. The minimum Gasteiger partial charge on any atom is -0.716 e. The summed E-state index contributed by atoms with van der Waals surface area (Å²) < 4.78 is 0. The maximum Gasteiger partial charge on any atom is 0.0754 e. The first-order valence-electron chi connectivity index (χ1n) is 2.90. The maximum atomic E-state index is 10.3. The van der Waals surface area contributed by atoms with Gasteiger partial charge in [0.2, 0.25) is 0 Å². The molecule has 54 valence electrons. The number of hydrazone groups is 1. The van der Waals surface area contributed by atoms with Crippen molar-refractivity contribution in [3.63, 3.8) is 0 Å². The van der Waals surface area contributed by atoms with E-state index in [9.17, 15) is 5.21 Å². The van der Waals surface area contributed by atoms with Crippen LogP contribution in [0.5, 0.6) is 0 Å². The minimum atomic E-state index is 0.212. The van der Waals surface area contributed by atoms with Crippen LogP contribution in [0.25, 0.3) is 0 Å². The van der Waals surface area contributed by atoms with Gasteiger partial charge >= 0.3 is 0 Å². The summed E-state index contributed by atoms with van der Waals surface area (Å²) in [7, 11) is 0. The van der Waals surface area contributed by atoms with Crippen molar-refractivity contribution in [3.05, 3.63) is 5.21 Å². The SMILES string of the molecule is C/C=N/N([O-])OCCC. The molecule has 0 aliphatic carbocycles. The molecule has 0 rings (SSSR count). The van der Waals surface area contributed by atoms with Crippen molar-refractivity contribution < 1.29 is 4.84 Å². The van der Waals surface area contributed by atoms with E-state index in [1.165, 1.54) is 6.21 Å². The third kappa shape index (κ3) is 5.26. The van der Waals surface area contributed by atoms with Gasteiger partial charge in [0, 0.05) is 6.21 Å². The monoisotopic (exact) mass is 131 g/mol. The van der Waals surface area contributed by atoms with Gasteiger partial charge in [-0.2, -0.15) is 5.10 Å². The molecule has 4 nitrogen and oxygen atoms in total. The van der Waals surface area contributed by atoms with Crippen LogP contribution in [-0.2, 0) is 4.84 Å². The van der Waals surface area contributed by atoms with Crippen LogP contribution in [0.15, 0.2) is 5.10 Å². The quantitative estimate of drug-likeness (QED) is 0.424. The van der Waals surface area contributed by atoms with Gasteiger partial charge in [-0.05, 0) is 13.3 Å². The molecule has 0 unspecified atom stereocenters. The van der Waals surface area contributed by atoms with E-state index in [2.05, 4.69) is 9.94 Å². The molecule has 0 aliphatic rings. The molecular formula is C5H11N2O2-. The summed E-state index contributed by atoms with van der Waals surface area (Å²) in [5.41, 5.74) is 0. The van der Waals surface area contributed by atoms with Crippen molar-refractivity contribution in [2.45, 2.75) is 20.3 Å². The molecule has 0 N–H and O–H groups in total. The average Bonchev–Trinajstić information content (AvgIpc) is 1.85. The first-order valence-corrected chi connectivity index (χ1v) is 2.90. The topological polar surface area (TPSA) is 47.9 Å². The van der Waals surface area contributed by atoms with Gasteiger partial charge in [0.15, 0.2) is 0 Å². The molecule has 0 saturated heterocycles. The number of nitrogens with zero attached hydrogens (tertiary/aromatic N) is 2. The maximum absolute atomic E-state index is 10.3. The molecule has 0 heterocycles. The second-order valence-electron chi connectivity index (χ2n) is 1.44. The molecule has 0 atom stereocenters. The van der Waals surface area contributed by atoms with Crippen LogP contribution < -0.4 is 0 Å². The average molecular weight is 131 g/mol. The first-order chi connectivity index (χ1) is 4.31. The Morgan fingerprint density at radius 1 is 1.78 bits per heavy atom. The van der Waals surface area contributed by atoms with Crippen LogP contribution in [0.2, 0.25) is 0 Å². The summed E-state index contributed by atoms with van der Waals surface area (Å²) >= 11 is 0. The fourth-order valence-corrected chi connectivity index (χ4v) is 0.297. The fourth-order valence-electron chi connectivity index (χ4n) is 0.297. The third-order valence-corrected chi connectivity index (χ3v) is 0.616. The molecule has 9 heavy (non-hydrogen) atoms. The Labute approximate surface area is 54.6 Å². The zero-order chi connectivity index (χ0) is 7.11. The zero-order valence-electron chi connectivity index (χ0n) is 5.70. The molecule has 0 aromatic rings. The molecule has 0 fully saturated rings. The van der Waals surface area contributed by atoms with Crippen molar-refractivity contribution in [1.82, 2.24) is 5.34 Å². The molecule has 0 bridgehead atoms. The van der Waals surface area contributed by atoms with E-state index in [-0.39, 0.29) is 5.34 Å². The highest BCUT2D eigenvalue weighted by Gasteiger charge is 1.80. The van der Waals surface area contributed by atoms with Crippen LogP contribution in [0.1, 0.15) is 20.3 Å². The smallest absolute Gasteiger partial charge is 0.0754 e.